The molecule has 3 aromatic rings. The van der Waals surface area contributed by atoms with Crippen LogP contribution in [0.3, 0.4) is 0 Å². The highest BCUT2D eigenvalue weighted by atomic mass is 16.1. The molecular weight excluding hydrogens is 356 g/mol. The standard InChI is InChI=1S/C26H24N2O/c1-26(2)14-20-23-19-7-5-4-6-16(19)10-13-21(23)28-25(24(20)22(29)15-26)17-8-11-18(27-3)12-9-17/h4-13,25,28H,3,14-15H2,1-2H3. The minimum atomic E-state index is -0.138. The monoisotopic (exact) mass is 380 g/mol. The minimum Gasteiger partial charge on any atom is -0.373 e. The summed E-state index contributed by atoms with van der Waals surface area (Å²) in [6, 6.07) is 20.6. The molecule has 1 atom stereocenters. The molecule has 0 aromatic heterocycles. The molecule has 0 amide bonds. The van der Waals surface area contributed by atoms with Gasteiger partial charge in [0.25, 0.3) is 0 Å². The predicted octanol–water partition coefficient (Wildman–Crippen LogP) is 6.48. The SMILES string of the molecule is C=Nc1ccc(C2Nc3ccc4ccccc4c3C3=C2C(=O)CC(C)(C)C3)cc1. The van der Waals surface area contributed by atoms with E-state index < -0.39 is 0 Å². The topological polar surface area (TPSA) is 41.5 Å². The molecule has 0 bridgehead atoms. The third kappa shape index (κ3) is 2.89. The van der Waals surface area contributed by atoms with Crippen LogP contribution < -0.4 is 5.32 Å². The summed E-state index contributed by atoms with van der Waals surface area (Å²) in [5.74, 6) is 0.248. The lowest BCUT2D eigenvalue weighted by atomic mass is 9.68. The van der Waals surface area contributed by atoms with Crippen molar-refractivity contribution in [1.29, 1.82) is 0 Å². The Balaban J connectivity index is 1.77. The van der Waals surface area contributed by atoms with Crippen molar-refractivity contribution >= 4 is 40.2 Å². The van der Waals surface area contributed by atoms with Gasteiger partial charge in [0, 0.05) is 23.2 Å². The first-order valence-corrected chi connectivity index (χ1v) is 10.1. The van der Waals surface area contributed by atoms with Gasteiger partial charge in [-0.3, -0.25) is 9.79 Å². The molecule has 3 nitrogen and oxygen atoms in total. The van der Waals surface area contributed by atoms with Gasteiger partial charge < -0.3 is 5.32 Å². The molecule has 0 saturated heterocycles. The molecule has 0 spiro atoms. The Morgan fingerprint density at radius 2 is 1.76 bits per heavy atom. The van der Waals surface area contributed by atoms with Crippen molar-refractivity contribution in [3.05, 3.63) is 77.4 Å². The molecule has 1 aliphatic carbocycles. The number of carbonyl (C=O) groups excluding carboxylic acids is 1. The van der Waals surface area contributed by atoms with Crippen LogP contribution in [0.15, 0.2) is 71.2 Å². The Labute approximate surface area is 171 Å². The number of allylic oxidation sites excluding steroid dienone is 1. The van der Waals surface area contributed by atoms with Gasteiger partial charge in [-0.2, -0.15) is 0 Å². The van der Waals surface area contributed by atoms with Gasteiger partial charge in [0.1, 0.15) is 0 Å². The number of Topliss-reactive ketones (excluding diaryl/α,β-unsaturated/α-hetero) is 1. The Morgan fingerprint density at radius 1 is 1.00 bits per heavy atom. The molecule has 1 heterocycles. The number of benzene rings is 3. The van der Waals surface area contributed by atoms with E-state index in [1.54, 1.807) is 0 Å². The van der Waals surface area contributed by atoms with E-state index >= 15 is 0 Å². The molecule has 5 rings (SSSR count). The van der Waals surface area contributed by atoms with Crippen LogP contribution in [0.5, 0.6) is 0 Å². The lowest BCUT2D eigenvalue weighted by Crippen LogP contribution is -2.33. The van der Waals surface area contributed by atoms with Crippen molar-refractivity contribution in [2.24, 2.45) is 10.4 Å². The molecule has 3 aromatic carbocycles. The average molecular weight is 380 g/mol. The maximum absolute atomic E-state index is 13.4. The second kappa shape index (κ2) is 6.41. The van der Waals surface area contributed by atoms with E-state index in [9.17, 15) is 4.79 Å². The number of rotatable bonds is 2. The summed E-state index contributed by atoms with van der Waals surface area (Å²) in [4.78, 5) is 17.4. The molecule has 29 heavy (non-hydrogen) atoms. The van der Waals surface area contributed by atoms with Crippen molar-refractivity contribution in [3.8, 4) is 0 Å². The Morgan fingerprint density at radius 3 is 2.52 bits per heavy atom. The van der Waals surface area contributed by atoms with Gasteiger partial charge in [-0.15, -0.1) is 0 Å². The molecule has 2 aliphatic rings. The molecule has 3 heteroatoms. The highest BCUT2D eigenvalue weighted by Crippen LogP contribution is 2.52. The zero-order valence-electron chi connectivity index (χ0n) is 16.8. The van der Waals surface area contributed by atoms with Crippen LogP contribution in [0.25, 0.3) is 16.3 Å². The number of ketones is 1. The van der Waals surface area contributed by atoms with Crippen LogP contribution in [-0.4, -0.2) is 12.5 Å². The smallest absolute Gasteiger partial charge is 0.162 e. The van der Waals surface area contributed by atoms with Gasteiger partial charge in [0.2, 0.25) is 0 Å². The van der Waals surface area contributed by atoms with Gasteiger partial charge in [0.05, 0.1) is 11.7 Å². The lowest BCUT2D eigenvalue weighted by molar-refractivity contribution is -0.118. The Hall–Kier alpha value is -3.20. The van der Waals surface area contributed by atoms with Gasteiger partial charge in [-0.1, -0.05) is 56.3 Å². The van der Waals surface area contributed by atoms with Crippen LogP contribution in [-0.2, 0) is 4.79 Å². The third-order valence-corrected chi connectivity index (χ3v) is 6.15. The number of aliphatic imine (C=N–C) groups is 1. The highest BCUT2D eigenvalue weighted by molar-refractivity contribution is 6.12. The minimum absolute atomic E-state index is 0.0390. The fourth-order valence-corrected chi connectivity index (χ4v) is 4.86. The molecule has 144 valence electrons. The van der Waals surface area contributed by atoms with Crippen molar-refractivity contribution in [1.82, 2.24) is 0 Å². The maximum atomic E-state index is 13.4. The van der Waals surface area contributed by atoms with Gasteiger partial charge >= 0.3 is 0 Å². The predicted molar refractivity (Wildman–Crippen MR) is 121 cm³/mol. The number of anilines is 1. The van der Waals surface area contributed by atoms with Crippen molar-refractivity contribution in [3.63, 3.8) is 0 Å². The summed E-state index contributed by atoms with van der Waals surface area (Å²) < 4.78 is 0. The second-order valence-corrected chi connectivity index (χ2v) is 8.87. The van der Waals surface area contributed by atoms with Gasteiger partial charge in [-0.05, 0) is 58.7 Å². The number of hydrogen-bond acceptors (Lipinski definition) is 3. The van der Waals surface area contributed by atoms with Crippen LogP contribution >= 0.6 is 0 Å². The summed E-state index contributed by atoms with van der Waals surface area (Å²) in [7, 11) is 0. The first-order valence-electron chi connectivity index (χ1n) is 10.1. The molecule has 0 saturated carbocycles. The lowest BCUT2D eigenvalue weighted by Gasteiger charge is -2.40. The van der Waals surface area contributed by atoms with Crippen molar-refractivity contribution < 1.29 is 4.79 Å². The molecule has 1 unspecified atom stereocenters. The second-order valence-electron chi connectivity index (χ2n) is 8.87. The van der Waals surface area contributed by atoms with E-state index in [1.807, 2.05) is 24.3 Å². The van der Waals surface area contributed by atoms with E-state index in [1.165, 1.54) is 21.9 Å². The largest absolute Gasteiger partial charge is 0.373 e. The van der Waals surface area contributed by atoms with Crippen molar-refractivity contribution in [2.75, 3.05) is 5.32 Å². The number of nitrogens with one attached hydrogen (secondary N) is 1. The average Bonchev–Trinajstić information content (AvgIpc) is 2.72. The van der Waals surface area contributed by atoms with Crippen LogP contribution in [0.2, 0.25) is 0 Å². The van der Waals surface area contributed by atoms with Gasteiger partial charge in [0.15, 0.2) is 5.78 Å². The number of hydrogen-bond donors (Lipinski definition) is 1. The van der Waals surface area contributed by atoms with E-state index in [0.29, 0.717) is 6.42 Å². The van der Waals surface area contributed by atoms with E-state index in [4.69, 9.17) is 0 Å². The summed E-state index contributed by atoms with van der Waals surface area (Å²) in [5.41, 5.74) is 6.30. The number of nitrogens with zero attached hydrogens (tertiary/aromatic N) is 1. The first kappa shape index (κ1) is 17.9. The molecule has 1 aliphatic heterocycles. The fraction of sp³-hybridized carbons (Fsp3) is 0.231. The summed E-state index contributed by atoms with van der Waals surface area (Å²) in [6.07, 6.45) is 1.48. The first-order chi connectivity index (χ1) is 14.0. The molecule has 1 N–H and O–H groups in total. The van der Waals surface area contributed by atoms with Gasteiger partial charge in [-0.25, -0.2) is 0 Å². The quantitative estimate of drug-likeness (QED) is 0.517. The highest BCUT2D eigenvalue weighted by Gasteiger charge is 2.40. The molecular formula is C26H24N2O. The number of carbonyl (C=O) groups is 1. The van der Waals surface area contributed by atoms with Crippen LogP contribution in [0.1, 0.15) is 43.9 Å². The zero-order valence-corrected chi connectivity index (χ0v) is 16.8. The maximum Gasteiger partial charge on any atom is 0.162 e. The Bertz CT molecular complexity index is 1190. The van der Waals surface area contributed by atoms with E-state index in [-0.39, 0.29) is 17.2 Å². The van der Waals surface area contributed by atoms with Crippen LogP contribution in [0.4, 0.5) is 11.4 Å². The number of fused-ring (bicyclic) bond motifs is 4. The fourth-order valence-electron chi connectivity index (χ4n) is 4.86. The van der Waals surface area contributed by atoms with Crippen molar-refractivity contribution in [2.45, 2.75) is 32.7 Å². The Kier molecular flexibility index (Phi) is 3.95. The summed E-state index contributed by atoms with van der Waals surface area (Å²) in [5, 5.41) is 6.09. The normalized spacial score (nSPS) is 20.1. The molecule has 0 radical (unpaired) electrons. The van der Waals surface area contributed by atoms with E-state index in [2.05, 4.69) is 67.3 Å². The van der Waals surface area contributed by atoms with E-state index in [0.717, 1.165) is 28.9 Å². The third-order valence-electron chi connectivity index (χ3n) is 6.15. The zero-order chi connectivity index (χ0) is 20.2. The summed E-state index contributed by atoms with van der Waals surface area (Å²) >= 11 is 0. The summed E-state index contributed by atoms with van der Waals surface area (Å²) in [6.45, 7) is 7.99. The molecule has 0 fully saturated rings. The van der Waals surface area contributed by atoms with Crippen LogP contribution in [0, 0.1) is 5.41 Å².